The van der Waals surface area contributed by atoms with E-state index in [2.05, 4.69) is 14.9 Å². The van der Waals surface area contributed by atoms with E-state index < -0.39 is 14.6 Å². The molecule has 138 valence electrons. The van der Waals surface area contributed by atoms with Gasteiger partial charge in [-0.1, -0.05) is 12.1 Å². The van der Waals surface area contributed by atoms with E-state index in [0.29, 0.717) is 39.3 Å². The Morgan fingerprint density at radius 3 is 2.42 bits per heavy atom. The van der Waals surface area contributed by atoms with E-state index in [1.807, 2.05) is 36.4 Å². The summed E-state index contributed by atoms with van der Waals surface area (Å²) in [6.07, 6.45) is 4.19. The lowest BCUT2D eigenvalue weighted by Crippen LogP contribution is -2.67. The molecule has 1 spiro atoms. The maximum absolute atomic E-state index is 12.7. The molecule has 1 unspecified atom stereocenters. The van der Waals surface area contributed by atoms with Crippen molar-refractivity contribution < 1.29 is 13.2 Å². The van der Waals surface area contributed by atoms with Gasteiger partial charge in [0, 0.05) is 37.9 Å². The first kappa shape index (κ1) is 17.6. The second-order valence-corrected chi connectivity index (χ2v) is 9.62. The lowest BCUT2D eigenvalue weighted by atomic mass is 9.83. The Hall–Kier alpha value is -1.83. The van der Waals surface area contributed by atoms with Crippen molar-refractivity contribution in [1.29, 1.82) is 0 Å². The Balaban J connectivity index is 1.37. The third-order valence-electron chi connectivity index (χ3n) is 5.49. The molecule has 7 heteroatoms. The summed E-state index contributed by atoms with van der Waals surface area (Å²) < 4.78 is 30.6. The van der Waals surface area contributed by atoms with Gasteiger partial charge in [-0.2, -0.15) is 0 Å². The molecule has 2 aromatic rings. The highest BCUT2D eigenvalue weighted by Gasteiger charge is 2.61. The molecule has 0 N–H and O–H groups in total. The number of likely N-dealkylation sites (tertiary alicyclic amines) is 1. The van der Waals surface area contributed by atoms with E-state index in [4.69, 9.17) is 4.74 Å². The highest BCUT2D eigenvalue weighted by atomic mass is 32.2. The fourth-order valence-electron chi connectivity index (χ4n) is 4.04. The minimum Gasteiger partial charge on any atom is -0.375 e. The molecule has 2 aliphatic heterocycles. The van der Waals surface area contributed by atoms with Crippen molar-refractivity contribution in [2.24, 2.45) is 5.92 Å². The smallest absolute Gasteiger partial charge is 0.158 e. The number of hydrogen-bond donors (Lipinski definition) is 0. The number of rotatable bonds is 6. The van der Waals surface area contributed by atoms with Crippen molar-refractivity contribution in [3.8, 4) is 0 Å². The molecular formula is C19H23N3O3S. The zero-order valence-electron chi connectivity index (χ0n) is 14.6. The Morgan fingerprint density at radius 2 is 1.77 bits per heavy atom. The van der Waals surface area contributed by atoms with Crippen LogP contribution in [0.1, 0.15) is 17.8 Å². The van der Waals surface area contributed by atoms with Gasteiger partial charge in [-0.3, -0.25) is 14.9 Å². The highest BCUT2D eigenvalue weighted by Crippen LogP contribution is 2.45. The molecule has 0 aromatic carbocycles. The normalized spacial score (nSPS) is 23.8. The van der Waals surface area contributed by atoms with Crippen molar-refractivity contribution in [1.82, 2.24) is 14.9 Å². The zero-order chi connectivity index (χ0) is 18.0. The summed E-state index contributed by atoms with van der Waals surface area (Å²) in [5, 5.41) is 0. The van der Waals surface area contributed by atoms with E-state index >= 15 is 0 Å². The number of hydrogen-bond acceptors (Lipinski definition) is 6. The molecule has 26 heavy (non-hydrogen) atoms. The maximum atomic E-state index is 12.7. The van der Waals surface area contributed by atoms with Crippen LogP contribution in [0.15, 0.2) is 48.8 Å². The average Bonchev–Trinajstić information content (AvgIpc) is 2.88. The van der Waals surface area contributed by atoms with Gasteiger partial charge in [0.25, 0.3) is 0 Å². The van der Waals surface area contributed by atoms with Gasteiger partial charge in [-0.25, -0.2) is 8.42 Å². The number of ether oxygens (including phenoxy) is 1. The maximum Gasteiger partial charge on any atom is 0.158 e. The van der Waals surface area contributed by atoms with Crippen LogP contribution in [0.2, 0.25) is 0 Å². The SMILES string of the molecule is O=S1(=O)CCC(COCc2ccccn2)C12CN(Cc1ccccn1)C2. The van der Waals surface area contributed by atoms with Gasteiger partial charge in [-0.05, 0) is 30.7 Å². The topological polar surface area (TPSA) is 72.4 Å². The molecule has 0 bridgehead atoms. The minimum atomic E-state index is -3.08. The second kappa shape index (κ2) is 7.06. The van der Waals surface area contributed by atoms with Crippen LogP contribution >= 0.6 is 0 Å². The van der Waals surface area contributed by atoms with E-state index in [9.17, 15) is 8.42 Å². The van der Waals surface area contributed by atoms with Crippen LogP contribution in [0.5, 0.6) is 0 Å². The van der Waals surface area contributed by atoms with E-state index in [-0.39, 0.29) is 11.7 Å². The standard InChI is InChI=1S/C19H23N3O3S/c23-26(24)10-7-16(12-25-13-18-6-2-4-9-21-18)19(26)14-22(15-19)11-17-5-1-3-8-20-17/h1-6,8-9,16H,7,10-15H2. The minimum absolute atomic E-state index is 0.0520. The largest absolute Gasteiger partial charge is 0.375 e. The van der Waals surface area contributed by atoms with Gasteiger partial charge in [-0.15, -0.1) is 0 Å². The van der Waals surface area contributed by atoms with E-state index in [1.165, 1.54) is 0 Å². The van der Waals surface area contributed by atoms with Crippen LogP contribution in [0.25, 0.3) is 0 Å². The van der Waals surface area contributed by atoms with Crippen molar-refractivity contribution in [2.45, 2.75) is 24.3 Å². The summed E-state index contributed by atoms with van der Waals surface area (Å²) in [7, 11) is -3.08. The molecule has 1 atom stereocenters. The van der Waals surface area contributed by atoms with Crippen molar-refractivity contribution >= 4 is 9.84 Å². The molecule has 2 fully saturated rings. The molecule has 0 aliphatic carbocycles. The van der Waals surface area contributed by atoms with Crippen LogP contribution in [-0.4, -0.2) is 53.5 Å². The first-order chi connectivity index (χ1) is 12.6. The zero-order valence-corrected chi connectivity index (χ0v) is 15.4. The summed E-state index contributed by atoms with van der Waals surface area (Å²) in [5.74, 6) is 0.318. The first-order valence-electron chi connectivity index (χ1n) is 8.91. The number of pyridine rings is 2. The van der Waals surface area contributed by atoms with Crippen LogP contribution < -0.4 is 0 Å². The summed E-state index contributed by atoms with van der Waals surface area (Å²) in [5.41, 5.74) is 1.84. The lowest BCUT2D eigenvalue weighted by molar-refractivity contribution is 0.0188. The van der Waals surface area contributed by atoms with Crippen LogP contribution in [-0.2, 0) is 27.7 Å². The molecule has 6 nitrogen and oxygen atoms in total. The van der Waals surface area contributed by atoms with E-state index in [1.54, 1.807) is 12.4 Å². The molecule has 0 saturated carbocycles. The third kappa shape index (κ3) is 3.26. The summed E-state index contributed by atoms with van der Waals surface area (Å²) in [6, 6.07) is 11.5. The Morgan fingerprint density at radius 1 is 1.08 bits per heavy atom. The molecule has 2 saturated heterocycles. The molecule has 4 rings (SSSR count). The Bertz CT molecular complexity index is 837. The number of aromatic nitrogens is 2. The van der Waals surface area contributed by atoms with Gasteiger partial charge >= 0.3 is 0 Å². The molecule has 2 aromatic heterocycles. The van der Waals surface area contributed by atoms with E-state index in [0.717, 1.165) is 11.4 Å². The van der Waals surface area contributed by atoms with Crippen LogP contribution in [0, 0.1) is 5.92 Å². The molecule has 2 aliphatic rings. The number of nitrogens with zero attached hydrogens (tertiary/aromatic N) is 3. The fourth-order valence-corrected chi connectivity index (χ4v) is 6.49. The predicted molar refractivity (Wildman–Crippen MR) is 98.0 cm³/mol. The fraction of sp³-hybridized carbons (Fsp3) is 0.474. The van der Waals surface area contributed by atoms with Gasteiger partial charge in [0.05, 0.1) is 30.4 Å². The third-order valence-corrected chi connectivity index (χ3v) is 8.09. The first-order valence-corrected chi connectivity index (χ1v) is 10.6. The summed E-state index contributed by atoms with van der Waals surface area (Å²) in [6.45, 7) is 2.73. The predicted octanol–water partition coefficient (Wildman–Crippen LogP) is 1.68. The van der Waals surface area contributed by atoms with Gasteiger partial charge in [0.15, 0.2) is 9.84 Å². The quantitative estimate of drug-likeness (QED) is 0.767. The van der Waals surface area contributed by atoms with Crippen molar-refractivity contribution in [3.05, 3.63) is 60.2 Å². The Labute approximate surface area is 154 Å². The van der Waals surface area contributed by atoms with Crippen molar-refractivity contribution in [3.63, 3.8) is 0 Å². The average molecular weight is 373 g/mol. The van der Waals surface area contributed by atoms with Gasteiger partial charge in [0.1, 0.15) is 4.75 Å². The Kier molecular flexibility index (Phi) is 4.77. The lowest BCUT2D eigenvalue weighted by Gasteiger charge is -2.49. The molecular weight excluding hydrogens is 350 g/mol. The van der Waals surface area contributed by atoms with Gasteiger partial charge in [0.2, 0.25) is 0 Å². The van der Waals surface area contributed by atoms with Crippen LogP contribution in [0.3, 0.4) is 0 Å². The molecule has 0 radical (unpaired) electrons. The molecule has 0 amide bonds. The monoisotopic (exact) mass is 373 g/mol. The molecule has 4 heterocycles. The summed E-state index contributed by atoms with van der Waals surface area (Å²) >= 11 is 0. The summed E-state index contributed by atoms with van der Waals surface area (Å²) in [4.78, 5) is 10.7. The van der Waals surface area contributed by atoms with Gasteiger partial charge < -0.3 is 4.74 Å². The number of sulfone groups is 1. The van der Waals surface area contributed by atoms with Crippen molar-refractivity contribution in [2.75, 3.05) is 25.4 Å². The second-order valence-electron chi connectivity index (χ2n) is 7.17. The van der Waals surface area contributed by atoms with Crippen LogP contribution in [0.4, 0.5) is 0 Å². The highest BCUT2D eigenvalue weighted by molar-refractivity contribution is 7.93.